The molecule has 0 bridgehead atoms. The first kappa shape index (κ1) is 12.1. The highest BCUT2D eigenvalue weighted by Gasteiger charge is 2.41. The van der Waals surface area contributed by atoms with Crippen molar-refractivity contribution in [3.63, 3.8) is 0 Å². The van der Waals surface area contributed by atoms with Crippen LogP contribution in [0.1, 0.15) is 10.4 Å². The highest BCUT2D eigenvalue weighted by atomic mass is 79.9. The predicted molar refractivity (Wildman–Crippen MR) is 44.4 cm³/mol. The summed E-state index contributed by atoms with van der Waals surface area (Å²) in [4.78, 5) is 10.6. The third-order valence-corrected chi connectivity index (χ3v) is 2.12. The molecule has 0 aliphatic heterocycles. The molecule has 0 radical (unpaired) electrons. The molecule has 1 nitrogen and oxygen atoms in total. The molecule has 1 aromatic carbocycles. The van der Waals surface area contributed by atoms with Gasteiger partial charge in [-0.3, -0.25) is 4.79 Å². The van der Waals surface area contributed by atoms with Crippen molar-refractivity contribution in [1.82, 2.24) is 0 Å². The largest absolute Gasteiger partial charge is 0.454 e. The van der Waals surface area contributed by atoms with Crippen molar-refractivity contribution in [2.75, 3.05) is 0 Å². The molecule has 1 rings (SSSR count). The maximum absolute atomic E-state index is 12.9. The van der Waals surface area contributed by atoms with E-state index in [4.69, 9.17) is 0 Å². The lowest BCUT2D eigenvalue weighted by molar-refractivity contribution is -0.0887. The van der Waals surface area contributed by atoms with Crippen molar-refractivity contribution < 1.29 is 26.7 Å². The lowest BCUT2D eigenvalue weighted by Gasteiger charge is -2.06. The van der Waals surface area contributed by atoms with E-state index in [-0.39, 0.29) is 10.5 Å². The number of rotatable bonds is 1. The minimum absolute atomic E-state index is 0.204. The molecule has 0 heterocycles. The van der Waals surface area contributed by atoms with Crippen LogP contribution in [-0.2, 0) is 0 Å². The zero-order valence-corrected chi connectivity index (χ0v) is 8.42. The molecule has 0 fully saturated rings. The van der Waals surface area contributed by atoms with Gasteiger partial charge in [-0.1, -0.05) is 0 Å². The molecule has 0 aliphatic carbocycles. The summed E-state index contributed by atoms with van der Waals surface area (Å²) in [6, 6.07) is 0.670. The Kier molecular flexibility index (Phi) is 3.13. The first-order valence-corrected chi connectivity index (χ1v) is 4.29. The summed E-state index contributed by atoms with van der Waals surface area (Å²) in [6.45, 7) is 0. The molecule has 0 saturated heterocycles. The average Bonchev–Trinajstić information content (AvgIpc) is 2.08. The number of hydrogen-bond donors (Lipinski definition) is 0. The van der Waals surface area contributed by atoms with Crippen LogP contribution in [-0.4, -0.2) is 12.0 Å². The topological polar surface area (TPSA) is 17.1 Å². The molecule has 0 saturated carbocycles. The first-order valence-electron chi connectivity index (χ1n) is 3.49. The summed E-state index contributed by atoms with van der Waals surface area (Å²) >= 11 is 2.57. The molecule has 0 atom stereocenters. The molecular weight excluding hydrogens is 287 g/mol. The Morgan fingerprint density at radius 3 is 2.13 bits per heavy atom. The predicted octanol–water partition coefficient (Wildman–Crippen LogP) is 3.47. The van der Waals surface area contributed by atoms with E-state index < -0.39 is 29.2 Å². The molecule has 0 N–H and O–H groups in total. The minimum Gasteiger partial charge on any atom is -0.284 e. The monoisotopic (exact) mass is 288 g/mol. The van der Waals surface area contributed by atoms with Crippen LogP contribution in [0.4, 0.5) is 22.0 Å². The summed E-state index contributed by atoms with van der Waals surface area (Å²) in [5.74, 6) is -4.97. The van der Waals surface area contributed by atoms with E-state index in [0.29, 0.717) is 6.07 Å². The normalized spacial score (nSPS) is 11.6. The average molecular weight is 289 g/mol. The number of carbonyl (C=O) groups excluding carboxylic acids is 1. The third-order valence-electron chi connectivity index (χ3n) is 1.51. The van der Waals surface area contributed by atoms with Gasteiger partial charge in [-0.2, -0.15) is 13.2 Å². The van der Waals surface area contributed by atoms with E-state index in [1.54, 1.807) is 0 Å². The van der Waals surface area contributed by atoms with Gasteiger partial charge in [-0.05, 0) is 28.1 Å². The number of ketones is 1. The van der Waals surface area contributed by atoms with Gasteiger partial charge in [-0.15, -0.1) is 0 Å². The minimum atomic E-state index is -5.22. The molecule has 0 amide bonds. The molecule has 0 spiro atoms. The summed E-state index contributed by atoms with van der Waals surface area (Å²) in [7, 11) is 0. The number of Topliss-reactive ketones (excluding diaryl/α,β-unsaturated/α-hetero) is 1. The van der Waals surface area contributed by atoms with E-state index >= 15 is 0 Å². The molecule has 1 aromatic rings. The fourth-order valence-corrected chi connectivity index (χ4v) is 1.16. The number of hydrogen-bond acceptors (Lipinski definition) is 1. The van der Waals surface area contributed by atoms with E-state index in [1.165, 1.54) is 0 Å². The van der Waals surface area contributed by atoms with E-state index in [9.17, 15) is 26.7 Å². The fraction of sp³-hybridized carbons (Fsp3) is 0.125. The SMILES string of the molecule is O=C(c1cc(F)c(Br)cc1F)C(F)(F)F. The number of benzene rings is 1. The van der Waals surface area contributed by atoms with E-state index in [2.05, 4.69) is 15.9 Å². The Hall–Kier alpha value is -0.980. The molecule has 0 aromatic heterocycles. The van der Waals surface area contributed by atoms with E-state index in [1.807, 2.05) is 0 Å². The third kappa shape index (κ3) is 2.53. The van der Waals surface area contributed by atoms with Crippen molar-refractivity contribution in [3.8, 4) is 0 Å². The zero-order chi connectivity index (χ0) is 11.8. The van der Waals surface area contributed by atoms with Gasteiger partial charge in [0.1, 0.15) is 11.6 Å². The Labute approximate surface area is 89.0 Å². The molecule has 7 heteroatoms. The molecule has 0 aliphatic rings. The lowest BCUT2D eigenvalue weighted by atomic mass is 10.1. The first-order chi connectivity index (χ1) is 6.73. The van der Waals surface area contributed by atoms with Gasteiger partial charge in [0.05, 0.1) is 10.0 Å². The van der Waals surface area contributed by atoms with Crippen LogP contribution >= 0.6 is 15.9 Å². The number of alkyl halides is 3. The van der Waals surface area contributed by atoms with E-state index in [0.717, 1.165) is 0 Å². The standard InChI is InChI=1S/C8H2BrF5O/c9-4-2-5(10)3(1-6(4)11)7(15)8(12,13)14/h1-2H. The van der Waals surface area contributed by atoms with Gasteiger partial charge in [0.25, 0.3) is 5.78 Å². The second-order valence-corrected chi connectivity index (χ2v) is 3.43. The lowest BCUT2D eigenvalue weighted by Crippen LogP contribution is -2.24. The van der Waals surface area contributed by atoms with Crippen LogP contribution in [0.3, 0.4) is 0 Å². The van der Waals surface area contributed by atoms with Crippen LogP contribution in [0.5, 0.6) is 0 Å². The van der Waals surface area contributed by atoms with Gasteiger partial charge in [0.15, 0.2) is 0 Å². The Bertz CT molecular complexity index is 412. The van der Waals surface area contributed by atoms with Crippen molar-refractivity contribution in [1.29, 1.82) is 0 Å². The summed E-state index contributed by atoms with van der Waals surface area (Å²) < 4.78 is 61.0. The molecular formula is C8H2BrF5O. The summed E-state index contributed by atoms with van der Waals surface area (Å²) in [5.41, 5.74) is -1.33. The van der Waals surface area contributed by atoms with Crippen LogP contribution < -0.4 is 0 Å². The van der Waals surface area contributed by atoms with Gasteiger partial charge in [0.2, 0.25) is 0 Å². The quantitative estimate of drug-likeness (QED) is 0.439. The maximum Gasteiger partial charge on any atom is 0.454 e. The van der Waals surface area contributed by atoms with Gasteiger partial charge >= 0.3 is 6.18 Å². The van der Waals surface area contributed by atoms with Crippen molar-refractivity contribution in [2.45, 2.75) is 6.18 Å². The molecule has 82 valence electrons. The second kappa shape index (κ2) is 3.88. The summed E-state index contributed by atoms with van der Waals surface area (Å²) in [6.07, 6.45) is -5.22. The van der Waals surface area contributed by atoms with Crippen LogP contribution in [0.15, 0.2) is 16.6 Å². The van der Waals surface area contributed by atoms with Crippen molar-refractivity contribution >= 4 is 21.7 Å². The summed E-state index contributed by atoms with van der Waals surface area (Å²) in [5, 5.41) is 0. The molecule has 0 unspecified atom stereocenters. The Balaban J connectivity index is 3.28. The van der Waals surface area contributed by atoms with Gasteiger partial charge < -0.3 is 0 Å². The van der Waals surface area contributed by atoms with Gasteiger partial charge in [0, 0.05) is 0 Å². The fourth-order valence-electron chi connectivity index (χ4n) is 0.849. The number of carbonyl (C=O) groups is 1. The van der Waals surface area contributed by atoms with Crippen LogP contribution in [0.2, 0.25) is 0 Å². The second-order valence-electron chi connectivity index (χ2n) is 2.57. The highest BCUT2D eigenvalue weighted by Crippen LogP contribution is 2.26. The number of halogens is 6. The highest BCUT2D eigenvalue weighted by molar-refractivity contribution is 9.10. The smallest absolute Gasteiger partial charge is 0.284 e. The maximum atomic E-state index is 12.9. The van der Waals surface area contributed by atoms with Crippen molar-refractivity contribution in [2.24, 2.45) is 0 Å². The van der Waals surface area contributed by atoms with Crippen LogP contribution in [0.25, 0.3) is 0 Å². The zero-order valence-electron chi connectivity index (χ0n) is 6.83. The Morgan fingerprint density at radius 1 is 1.13 bits per heavy atom. The Morgan fingerprint density at radius 2 is 1.67 bits per heavy atom. The molecule has 15 heavy (non-hydrogen) atoms. The van der Waals surface area contributed by atoms with Crippen molar-refractivity contribution in [3.05, 3.63) is 33.8 Å². The van der Waals surface area contributed by atoms with Gasteiger partial charge in [-0.25, -0.2) is 8.78 Å². The van der Waals surface area contributed by atoms with Crippen LogP contribution in [0, 0.1) is 11.6 Å².